The summed E-state index contributed by atoms with van der Waals surface area (Å²) in [4.78, 5) is 24.6. The molecule has 1 atom stereocenters. The summed E-state index contributed by atoms with van der Waals surface area (Å²) in [6.07, 6.45) is 6.27. The summed E-state index contributed by atoms with van der Waals surface area (Å²) < 4.78 is 0. The highest BCUT2D eigenvalue weighted by Gasteiger charge is 2.23. The van der Waals surface area contributed by atoms with Crippen LogP contribution in [0.2, 0.25) is 0 Å². The monoisotopic (exact) mass is 367 g/mol. The van der Waals surface area contributed by atoms with Crippen molar-refractivity contribution in [1.29, 1.82) is 0 Å². The molecule has 1 unspecified atom stereocenters. The van der Waals surface area contributed by atoms with Crippen LogP contribution in [0, 0.1) is 5.92 Å². The zero-order valence-corrected chi connectivity index (χ0v) is 15.7. The Labute approximate surface area is 160 Å². The zero-order chi connectivity index (χ0) is 19.1. The van der Waals surface area contributed by atoms with Crippen LogP contribution in [0.3, 0.4) is 0 Å². The Morgan fingerprint density at radius 1 is 1.04 bits per heavy atom. The Bertz CT molecular complexity index is 784. The van der Waals surface area contributed by atoms with Crippen molar-refractivity contribution in [3.63, 3.8) is 0 Å². The first kappa shape index (κ1) is 19.4. The van der Waals surface area contributed by atoms with Gasteiger partial charge in [0.05, 0.1) is 0 Å². The summed E-state index contributed by atoms with van der Waals surface area (Å²) in [7, 11) is 0. The maximum absolute atomic E-state index is 12.3. The molecule has 2 aromatic carbocycles. The molecule has 1 aliphatic carbocycles. The highest BCUT2D eigenvalue weighted by Crippen LogP contribution is 2.26. The van der Waals surface area contributed by atoms with Crippen molar-refractivity contribution in [3.05, 3.63) is 48.0 Å². The average Bonchev–Trinajstić information content (AvgIpc) is 2.72. The first-order valence-corrected chi connectivity index (χ1v) is 9.94. The number of amides is 2. The van der Waals surface area contributed by atoms with Gasteiger partial charge in [0.15, 0.2) is 0 Å². The fraction of sp³-hybridized carbons (Fsp3) is 0.455. The van der Waals surface area contributed by atoms with Crippen LogP contribution < -0.4 is 16.4 Å². The van der Waals surface area contributed by atoms with Crippen LogP contribution in [0.1, 0.15) is 48.9 Å². The standard InChI is InChI=1S/C22H29N3O2/c23-15-20(17-7-2-1-3-8-17)25-21(26)12-13-24-22(27)19-11-10-16-6-4-5-9-18(16)14-19/h4-6,9-11,14,17,20H,1-3,7-8,12-13,15,23H2,(H,24,27)(H,25,26). The highest BCUT2D eigenvalue weighted by molar-refractivity contribution is 5.98. The second-order valence-corrected chi connectivity index (χ2v) is 7.38. The van der Waals surface area contributed by atoms with Crippen molar-refractivity contribution in [1.82, 2.24) is 10.6 Å². The molecule has 0 aromatic heterocycles. The van der Waals surface area contributed by atoms with E-state index in [4.69, 9.17) is 5.73 Å². The van der Waals surface area contributed by atoms with Gasteiger partial charge in [-0.1, -0.05) is 49.6 Å². The van der Waals surface area contributed by atoms with Crippen molar-refractivity contribution >= 4 is 22.6 Å². The lowest BCUT2D eigenvalue weighted by molar-refractivity contribution is -0.122. The van der Waals surface area contributed by atoms with Gasteiger partial charge in [-0.3, -0.25) is 9.59 Å². The molecule has 0 spiro atoms. The maximum atomic E-state index is 12.3. The minimum absolute atomic E-state index is 0.0464. The Hall–Kier alpha value is -2.40. The van der Waals surface area contributed by atoms with E-state index in [2.05, 4.69) is 10.6 Å². The zero-order valence-electron chi connectivity index (χ0n) is 15.7. The number of fused-ring (bicyclic) bond motifs is 1. The number of hydrogen-bond acceptors (Lipinski definition) is 3. The van der Waals surface area contributed by atoms with Crippen LogP contribution in [0.4, 0.5) is 0 Å². The van der Waals surface area contributed by atoms with Crippen LogP contribution in [-0.4, -0.2) is 30.9 Å². The fourth-order valence-electron chi connectivity index (χ4n) is 3.91. The number of benzene rings is 2. The topological polar surface area (TPSA) is 84.2 Å². The minimum Gasteiger partial charge on any atom is -0.352 e. The van der Waals surface area contributed by atoms with E-state index in [1.54, 1.807) is 0 Å². The van der Waals surface area contributed by atoms with Crippen LogP contribution in [0.5, 0.6) is 0 Å². The molecule has 1 saturated carbocycles. The van der Waals surface area contributed by atoms with Gasteiger partial charge >= 0.3 is 0 Å². The molecular weight excluding hydrogens is 338 g/mol. The molecule has 1 aliphatic rings. The van der Waals surface area contributed by atoms with Crippen molar-refractivity contribution < 1.29 is 9.59 Å². The Balaban J connectivity index is 1.46. The third-order valence-electron chi connectivity index (χ3n) is 5.47. The highest BCUT2D eigenvalue weighted by atomic mass is 16.2. The van der Waals surface area contributed by atoms with E-state index in [-0.39, 0.29) is 24.3 Å². The lowest BCUT2D eigenvalue weighted by atomic mass is 9.84. The molecule has 5 nitrogen and oxygen atoms in total. The molecule has 0 aliphatic heterocycles. The number of carbonyl (C=O) groups excluding carboxylic acids is 2. The first-order valence-electron chi connectivity index (χ1n) is 9.94. The predicted molar refractivity (Wildman–Crippen MR) is 108 cm³/mol. The smallest absolute Gasteiger partial charge is 0.251 e. The first-order chi connectivity index (χ1) is 13.2. The molecule has 4 N–H and O–H groups in total. The van der Waals surface area contributed by atoms with Gasteiger partial charge in [0.25, 0.3) is 5.91 Å². The Kier molecular flexibility index (Phi) is 6.82. The predicted octanol–water partition coefficient (Wildman–Crippen LogP) is 2.98. The molecule has 0 radical (unpaired) electrons. The third kappa shape index (κ3) is 5.30. The molecular formula is C22H29N3O2. The van der Waals surface area contributed by atoms with Gasteiger partial charge < -0.3 is 16.4 Å². The van der Waals surface area contributed by atoms with Crippen LogP contribution in [0.25, 0.3) is 10.8 Å². The van der Waals surface area contributed by atoms with Crippen molar-refractivity contribution in [3.8, 4) is 0 Å². The third-order valence-corrected chi connectivity index (χ3v) is 5.47. The normalized spacial score (nSPS) is 16.0. The average molecular weight is 367 g/mol. The minimum atomic E-state index is -0.156. The van der Waals surface area contributed by atoms with E-state index in [1.807, 2.05) is 42.5 Å². The van der Waals surface area contributed by atoms with Crippen molar-refractivity contribution in [2.24, 2.45) is 11.7 Å². The molecule has 1 fully saturated rings. The quantitative estimate of drug-likeness (QED) is 0.703. The van der Waals surface area contributed by atoms with Gasteiger partial charge in [-0.05, 0) is 41.7 Å². The number of carbonyl (C=O) groups is 2. The number of hydrogen-bond donors (Lipinski definition) is 3. The lowest BCUT2D eigenvalue weighted by Gasteiger charge is -2.30. The summed E-state index contributed by atoms with van der Waals surface area (Å²) in [6, 6.07) is 13.6. The van der Waals surface area contributed by atoms with Gasteiger partial charge in [0.2, 0.25) is 5.91 Å². The maximum Gasteiger partial charge on any atom is 0.251 e. The molecule has 3 rings (SSSR count). The van der Waals surface area contributed by atoms with Gasteiger partial charge in [-0.2, -0.15) is 0 Å². The second kappa shape index (κ2) is 9.51. The summed E-state index contributed by atoms with van der Waals surface area (Å²) in [6.45, 7) is 0.791. The number of nitrogens with one attached hydrogen (secondary N) is 2. The van der Waals surface area contributed by atoms with Crippen LogP contribution >= 0.6 is 0 Å². The molecule has 0 heterocycles. The molecule has 0 saturated heterocycles. The van der Waals surface area contributed by atoms with Crippen molar-refractivity contribution in [2.45, 2.75) is 44.6 Å². The number of nitrogens with two attached hydrogens (primary N) is 1. The molecule has 0 bridgehead atoms. The van der Waals surface area contributed by atoms with Crippen molar-refractivity contribution in [2.75, 3.05) is 13.1 Å². The van der Waals surface area contributed by atoms with Gasteiger partial charge in [0, 0.05) is 31.1 Å². The summed E-state index contributed by atoms with van der Waals surface area (Å²) in [5.74, 6) is 0.283. The van der Waals surface area contributed by atoms with Gasteiger partial charge in [-0.15, -0.1) is 0 Å². The fourth-order valence-corrected chi connectivity index (χ4v) is 3.91. The van der Waals surface area contributed by atoms with Crippen LogP contribution in [-0.2, 0) is 4.79 Å². The van der Waals surface area contributed by atoms with E-state index in [9.17, 15) is 9.59 Å². The number of rotatable bonds is 7. The Morgan fingerprint density at radius 2 is 1.78 bits per heavy atom. The van der Waals surface area contributed by atoms with E-state index < -0.39 is 0 Å². The van der Waals surface area contributed by atoms with Crippen LogP contribution in [0.15, 0.2) is 42.5 Å². The molecule has 144 valence electrons. The lowest BCUT2D eigenvalue weighted by Crippen LogP contribution is -2.46. The summed E-state index contributed by atoms with van der Waals surface area (Å²) in [5, 5.41) is 8.02. The molecule has 2 amide bonds. The van der Waals surface area contributed by atoms with Gasteiger partial charge in [-0.25, -0.2) is 0 Å². The molecule has 27 heavy (non-hydrogen) atoms. The Morgan fingerprint density at radius 3 is 2.52 bits per heavy atom. The largest absolute Gasteiger partial charge is 0.352 e. The van der Waals surface area contributed by atoms with E-state index >= 15 is 0 Å². The molecule has 5 heteroatoms. The summed E-state index contributed by atoms with van der Waals surface area (Å²) in [5.41, 5.74) is 6.47. The van der Waals surface area contributed by atoms with E-state index in [0.717, 1.165) is 23.6 Å². The molecule has 2 aromatic rings. The van der Waals surface area contributed by atoms with E-state index in [1.165, 1.54) is 19.3 Å². The summed E-state index contributed by atoms with van der Waals surface area (Å²) >= 11 is 0. The second-order valence-electron chi connectivity index (χ2n) is 7.38. The van der Waals surface area contributed by atoms with Gasteiger partial charge in [0.1, 0.15) is 0 Å². The van der Waals surface area contributed by atoms with E-state index in [0.29, 0.717) is 24.6 Å². The SMILES string of the molecule is NCC(NC(=O)CCNC(=O)c1ccc2ccccc2c1)C1CCCCC1.